The average Bonchev–Trinajstić information content (AvgIpc) is 2.86. The van der Waals surface area contributed by atoms with Gasteiger partial charge >= 0.3 is 0 Å². The van der Waals surface area contributed by atoms with Crippen molar-refractivity contribution in [2.24, 2.45) is 5.41 Å². The predicted molar refractivity (Wildman–Crippen MR) is 160 cm³/mol. The van der Waals surface area contributed by atoms with Gasteiger partial charge < -0.3 is 0 Å². The Morgan fingerprint density at radius 3 is 0.861 bits per heavy atom. The van der Waals surface area contributed by atoms with E-state index >= 15 is 0 Å². The van der Waals surface area contributed by atoms with E-state index in [1.807, 2.05) is 13.8 Å². The molecule has 0 radical (unpaired) electrons. The van der Waals surface area contributed by atoms with E-state index in [0.29, 0.717) is 5.41 Å². The fourth-order valence-electron chi connectivity index (χ4n) is 4.14. The maximum absolute atomic E-state index is 2.30. The highest BCUT2D eigenvalue weighted by Crippen LogP contribution is 2.43. The molecule has 4 rings (SSSR count). The van der Waals surface area contributed by atoms with E-state index in [0.717, 1.165) is 0 Å². The first kappa shape index (κ1) is 29.1. The highest BCUT2D eigenvalue weighted by atomic mass is 14.3. The van der Waals surface area contributed by atoms with Crippen molar-refractivity contribution >= 4 is 0 Å². The van der Waals surface area contributed by atoms with Gasteiger partial charge in [0.05, 0.1) is 0 Å². The molecule has 0 spiro atoms. The lowest BCUT2D eigenvalue weighted by molar-refractivity contribution is 0.469. The van der Waals surface area contributed by atoms with E-state index in [4.69, 9.17) is 0 Å². The first-order valence-electron chi connectivity index (χ1n) is 13.4. The number of hydrogen-bond acceptors (Lipinski definition) is 0. The first-order valence-corrected chi connectivity index (χ1v) is 13.4. The van der Waals surface area contributed by atoms with Gasteiger partial charge in [-0.05, 0) is 48.4 Å². The molecule has 0 N–H and O–H groups in total. The molecule has 0 heterocycles. The van der Waals surface area contributed by atoms with Crippen LogP contribution in [0.1, 0.15) is 92.3 Å². The highest BCUT2D eigenvalue weighted by molar-refractivity contribution is 5.46. The molecule has 0 bridgehead atoms. The summed E-state index contributed by atoms with van der Waals surface area (Å²) in [7, 11) is 0. The summed E-state index contributed by atoms with van der Waals surface area (Å²) in [5.41, 5.74) is 9.80. The lowest BCUT2D eigenvalue weighted by Gasteiger charge is -2.30. The van der Waals surface area contributed by atoms with Gasteiger partial charge in [-0.25, -0.2) is 0 Å². The maximum atomic E-state index is 2.30. The van der Waals surface area contributed by atoms with Crippen molar-refractivity contribution in [3.8, 4) is 0 Å². The Morgan fingerprint density at radius 2 is 0.611 bits per heavy atom. The Labute approximate surface area is 221 Å². The van der Waals surface area contributed by atoms with Crippen molar-refractivity contribution in [2.45, 2.75) is 74.1 Å². The smallest absolute Gasteiger partial charge is 0.0199 e. The van der Waals surface area contributed by atoms with E-state index < -0.39 is 0 Å². The topological polar surface area (TPSA) is 0 Å². The number of aryl methyl sites for hydroxylation is 3. The molecule has 4 aromatic carbocycles. The van der Waals surface area contributed by atoms with Crippen LogP contribution in [0.25, 0.3) is 0 Å². The molecule has 0 nitrogen and oxygen atoms in total. The molecule has 0 aliphatic heterocycles. The minimum Gasteiger partial charge on any atom is -0.0683 e. The van der Waals surface area contributed by atoms with Gasteiger partial charge in [0.2, 0.25) is 0 Å². The lowest BCUT2D eigenvalue weighted by atomic mass is 9.73. The van der Waals surface area contributed by atoms with E-state index in [1.165, 1.54) is 38.9 Å². The first-order chi connectivity index (χ1) is 17.1. The molecular formula is C36H46. The normalized spacial score (nSPS) is 11.6. The standard InChI is InChI=1S/C29H28.C5H12.C2H6/c1-21-9-15-25(16-10-21)28(24-7-5-4-6-8-24)29(26-17-11-22(2)12-18-26)27-19-13-23(3)14-20-27;1-5(2,3)4;1-2/h4-20,28-29H,1-3H3;1-4H3;1-2H3. The molecule has 0 saturated heterocycles. The second-order valence-electron chi connectivity index (χ2n) is 11.1. The van der Waals surface area contributed by atoms with E-state index in [1.54, 1.807) is 0 Å². The van der Waals surface area contributed by atoms with E-state index in [2.05, 4.69) is 152 Å². The van der Waals surface area contributed by atoms with Gasteiger partial charge in [-0.3, -0.25) is 0 Å². The minimum absolute atomic E-state index is 0.251. The van der Waals surface area contributed by atoms with Crippen molar-refractivity contribution in [3.63, 3.8) is 0 Å². The molecule has 1 atom stereocenters. The van der Waals surface area contributed by atoms with Crippen LogP contribution in [0, 0.1) is 26.2 Å². The Bertz CT molecular complexity index is 1070. The molecule has 190 valence electrons. The Hall–Kier alpha value is -3.12. The van der Waals surface area contributed by atoms with Gasteiger partial charge in [-0.1, -0.05) is 161 Å². The zero-order chi connectivity index (χ0) is 26.7. The SMILES string of the molecule is CC.CC(C)(C)C.Cc1ccc(C(c2ccccc2)C(c2ccc(C)cc2)c2ccc(C)cc2)cc1. The molecule has 0 amide bonds. The van der Waals surface area contributed by atoms with Crippen molar-refractivity contribution in [2.75, 3.05) is 0 Å². The molecule has 36 heavy (non-hydrogen) atoms. The molecule has 0 aromatic heterocycles. The van der Waals surface area contributed by atoms with Crippen molar-refractivity contribution in [1.29, 1.82) is 0 Å². The summed E-state index contributed by atoms with van der Waals surface area (Å²) in [6.07, 6.45) is 0. The molecule has 0 aliphatic carbocycles. The van der Waals surface area contributed by atoms with Crippen LogP contribution in [0.5, 0.6) is 0 Å². The largest absolute Gasteiger partial charge is 0.0683 e. The minimum atomic E-state index is 0.251. The average molecular weight is 479 g/mol. The molecule has 0 saturated carbocycles. The molecule has 4 aromatic rings. The molecule has 1 unspecified atom stereocenters. The van der Waals surface area contributed by atoms with Crippen LogP contribution >= 0.6 is 0 Å². The number of benzene rings is 4. The van der Waals surface area contributed by atoms with Gasteiger partial charge in [0.25, 0.3) is 0 Å². The van der Waals surface area contributed by atoms with Gasteiger partial charge in [-0.15, -0.1) is 0 Å². The maximum Gasteiger partial charge on any atom is 0.0199 e. The number of rotatable bonds is 5. The third-order valence-corrected chi connectivity index (χ3v) is 5.80. The van der Waals surface area contributed by atoms with Crippen LogP contribution in [0.4, 0.5) is 0 Å². The third kappa shape index (κ3) is 9.15. The molecule has 0 heteroatoms. The van der Waals surface area contributed by atoms with Crippen molar-refractivity contribution in [1.82, 2.24) is 0 Å². The van der Waals surface area contributed by atoms with Crippen molar-refractivity contribution < 1.29 is 0 Å². The summed E-state index contributed by atoms with van der Waals surface area (Å²) in [5.74, 6) is 0.503. The van der Waals surface area contributed by atoms with E-state index in [9.17, 15) is 0 Å². The summed E-state index contributed by atoms with van der Waals surface area (Å²) in [6, 6.07) is 38.1. The van der Waals surface area contributed by atoms with E-state index in [-0.39, 0.29) is 11.8 Å². The summed E-state index contributed by atoms with van der Waals surface area (Å²) in [4.78, 5) is 0. The summed E-state index contributed by atoms with van der Waals surface area (Å²) >= 11 is 0. The monoisotopic (exact) mass is 478 g/mol. The van der Waals surface area contributed by atoms with Crippen LogP contribution in [0.3, 0.4) is 0 Å². The Morgan fingerprint density at radius 1 is 0.389 bits per heavy atom. The van der Waals surface area contributed by atoms with Gasteiger partial charge in [-0.2, -0.15) is 0 Å². The molecule has 0 fully saturated rings. The third-order valence-electron chi connectivity index (χ3n) is 5.80. The van der Waals surface area contributed by atoms with Gasteiger partial charge in [0.1, 0.15) is 0 Å². The summed E-state index contributed by atoms with van der Waals surface area (Å²) in [5, 5.41) is 0. The Balaban J connectivity index is 0.000000583. The molecular weight excluding hydrogens is 432 g/mol. The second kappa shape index (κ2) is 13.8. The second-order valence-corrected chi connectivity index (χ2v) is 11.1. The zero-order valence-corrected chi connectivity index (χ0v) is 24.0. The van der Waals surface area contributed by atoms with Crippen LogP contribution in [-0.4, -0.2) is 0 Å². The lowest BCUT2D eigenvalue weighted by Crippen LogP contribution is -2.15. The van der Waals surface area contributed by atoms with Crippen LogP contribution in [0.15, 0.2) is 103 Å². The fourth-order valence-corrected chi connectivity index (χ4v) is 4.14. The van der Waals surface area contributed by atoms with Crippen LogP contribution < -0.4 is 0 Å². The summed E-state index contributed by atoms with van der Waals surface area (Å²) in [6.45, 7) is 19.2. The van der Waals surface area contributed by atoms with Crippen LogP contribution in [0.2, 0.25) is 0 Å². The predicted octanol–water partition coefficient (Wildman–Crippen LogP) is 10.7. The fraction of sp³-hybridized carbons (Fsp3) is 0.333. The zero-order valence-electron chi connectivity index (χ0n) is 24.0. The van der Waals surface area contributed by atoms with Crippen LogP contribution in [-0.2, 0) is 0 Å². The highest BCUT2D eigenvalue weighted by Gasteiger charge is 2.28. The Kier molecular flexibility index (Phi) is 11.2. The number of hydrogen-bond donors (Lipinski definition) is 0. The molecule has 0 aliphatic rings. The van der Waals surface area contributed by atoms with Gasteiger partial charge in [0.15, 0.2) is 0 Å². The quantitative estimate of drug-likeness (QED) is 0.267. The van der Waals surface area contributed by atoms with Gasteiger partial charge in [0, 0.05) is 11.8 Å². The van der Waals surface area contributed by atoms with Crippen molar-refractivity contribution in [3.05, 3.63) is 142 Å². The summed E-state index contributed by atoms with van der Waals surface area (Å²) < 4.78 is 0.